The van der Waals surface area contributed by atoms with Gasteiger partial charge in [-0.3, -0.25) is 0 Å². The van der Waals surface area contributed by atoms with Crippen LogP contribution in [-0.2, 0) is 6.61 Å². The summed E-state index contributed by atoms with van der Waals surface area (Å²) in [5.74, 6) is 0. The van der Waals surface area contributed by atoms with E-state index in [-0.39, 0.29) is 8.03 Å². The first-order valence-electron chi connectivity index (χ1n) is 4.71. The highest BCUT2D eigenvalue weighted by atomic mass is 32.2. The summed E-state index contributed by atoms with van der Waals surface area (Å²) in [6.07, 6.45) is 0. The van der Waals surface area contributed by atoms with Crippen LogP contribution in [0, 0.1) is 6.92 Å². The summed E-state index contributed by atoms with van der Waals surface area (Å²) < 4.78 is 1.30. The van der Waals surface area contributed by atoms with E-state index in [0.717, 1.165) is 11.1 Å². The zero-order valence-corrected chi connectivity index (χ0v) is 10.1. The quantitative estimate of drug-likeness (QED) is 0.874. The minimum Gasteiger partial charge on any atom is -0.392 e. The molecule has 1 N–H and O–H groups in total. The lowest BCUT2D eigenvalue weighted by Crippen LogP contribution is -1.87. The lowest BCUT2D eigenvalue weighted by Gasteiger charge is -2.04. The average Bonchev–Trinajstić information content (AvgIpc) is 2.71. The number of aliphatic hydroxyl groups excluding tert-OH is 1. The Balaban J connectivity index is 0.00000128. The molecular formula is C12H14OS2. The van der Waals surface area contributed by atoms with Gasteiger partial charge in [-0.2, -0.15) is 0 Å². The van der Waals surface area contributed by atoms with Gasteiger partial charge < -0.3 is 5.11 Å². The summed E-state index contributed by atoms with van der Waals surface area (Å²) in [7, 11) is 0. The molecule has 1 nitrogen and oxygen atoms in total. The predicted octanol–water partition coefficient (Wildman–Crippen LogP) is 3.95. The molecule has 0 aliphatic heterocycles. The van der Waals surface area contributed by atoms with E-state index in [1.165, 1.54) is 9.10 Å². The topological polar surface area (TPSA) is 20.2 Å². The van der Waals surface area contributed by atoms with Crippen molar-refractivity contribution in [2.75, 3.05) is 0 Å². The second kappa shape index (κ2) is 4.84. The van der Waals surface area contributed by atoms with Crippen molar-refractivity contribution in [1.29, 1.82) is 0 Å². The van der Waals surface area contributed by atoms with Crippen LogP contribution in [-0.4, -0.2) is 5.11 Å². The maximum absolute atomic E-state index is 9.06. The van der Waals surface area contributed by atoms with E-state index in [2.05, 4.69) is 29.6 Å². The van der Waals surface area contributed by atoms with Gasteiger partial charge >= 0.3 is 0 Å². The molecule has 1 aromatic heterocycles. The molecule has 3 heteroatoms. The summed E-state index contributed by atoms with van der Waals surface area (Å²) >= 11 is 3.51. The number of benzene rings is 1. The molecule has 0 radical (unpaired) electrons. The van der Waals surface area contributed by atoms with Gasteiger partial charge in [0.15, 0.2) is 0 Å². The van der Waals surface area contributed by atoms with E-state index in [9.17, 15) is 0 Å². The van der Waals surface area contributed by atoms with Crippen LogP contribution in [0.2, 0.25) is 0 Å². The van der Waals surface area contributed by atoms with E-state index < -0.39 is 0 Å². The first-order chi connectivity index (χ1) is 7.29. The van der Waals surface area contributed by atoms with Crippen LogP contribution in [0.1, 0.15) is 12.6 Å². The maximum Gasteiger partial charge on any atom is 0.0684 e. The third-order valence-electron chi connectivity index (χ3n) is 2.20. The smallest absolute Gasteiger partial charge is 0.0684 e. The van der Waals surface area contributed by atoms with E-state index in [1.807, 2.05) is 13.0 Å². The number of aryl methyl sites for hydroxylation is 1. The first-order valence-corrected chi connectivity index (χ1v) is 6.41. The monoisotopic (exact) mass is 238 g/mol. The normalized spacial score (nSPS) is 10.5. The number of rotatable bonds is 3. The third-order valence-corrected chi connectivity index (χ3v) is 4.23. The molecule has 0 spiro atoms. The molecular weight excluding hydrogens is 224 g/mol. The minimum absolute atomic E-state index is 0. The molecule has 1 aromatic carbocycles. The molecule has 0 amide bonds. The summed E-state index contributed by atoms with van der Waals surface area (Å²) in [6, 6.07) is 10.3. The molecule has 0 bridgehead atoms. The maximum atomic E-state index is 9.06. The van der Waals surface area contributed by atoms with E-state index in [0.29, 0.717) is 0 Å². The lowest BCUT2D eigenvalue weighted by atomic mass is 10.1. The van der Waals surface area contributed by atoms with Crippen molar-refractivity contribution >= 4 is 23.1 Å². The van der Waals surface area contributed by atoms with Crippen molar-refractivity contribution in [3.8, 4) is 0 Å². The van der Waals surface area contributed by atoms with E-state index in [1.54, 1.807) is 23.1 Å². The molecule has 2 aromatic rings. The van der Waals surface area contributed by atoms with Crippen LogP contribution < -0.4 is 0 Å². The Hall–Kier alpha value is -0.770. The number of hydrogen-bond acceptors (Lipinski definition) is 3. The highest BCUT2D eigenvalue weighted by Gasteiger charge is 2.01. The summed E-state index contributed by atoms with van der Waals surface area (Å²) in [5, 5.41) is 11.1. The predicted molar refractivity (Wildman–Crippen MR) is 67.7 cm³/mol. The summed E-state index contributed by atoms with van der Waals surface area (Å²) in [5.41, 5.74) is 2.16. The highest BCUT2D eigenvalue weighted by molar-refractivity contribution is 8.01. The molecule has 0 fully saturated rings. The Morgan fingerprint density at radius 3 is 2.87 bits per heavy atom. The summed E-state index contributed by atoms with van der Waals surface area (Å²) in [4.78, 5) is 1.23. The Morgan fingerprint density at radius 1 is 1.40 bits per heavy atom. The van der Waals surface area contributed by atoms with Gasteiger partial charge in [0, 0.05) is 6.32 Å². The van der Waals surface area contributed by atoms with Crippen molar-refractivity contribution in [3.63, 3.8) is 0 Å². The Kier molecular flexibility index (Phi) is 3.46. The average molecular weight is 238 g/mol. The largest absolute Gasteiger partial charge is 0.392 e. The molecule has 0 saturated heterocycles. The van der Waals surface area contributed by atoms with Gasteiger partial charge in [0.05, 0.1) is 10.8 Å². The van der Waals surface area contributed by atoms with Crippen molar-refractivity contribution < 1.29 is 6.53 Å². The molecule has 1 heterocycles. The standard InChI is InChI=1S/C12H12OS2.H2/c1-9-7-11(5-4-10(9)8-13)15-12-3-2-6-14-12;/h2-7,13H,8H2,1H3;1H. The number of hydrogen-bond donors (Lipinski definition) is 1. The van der Waals surface area contributed by atoms with E-state index in [4.69, 9.17) is 5.11 Å². The summed E-state index contributed by atoms with van der Waals surface area (Å²) in [6.45, 7) is 2.15. The van der Waals surface area contributed by atoms with Crippen LogP contribution in [0.5, 0.6) is 0 Å². The van der Waals surface area contributed by atoms with Gasteiger partial charge in [-0.05, 0) is 41.6 Å². The van der Waals surface area contributed by atoms with Gasteiger partial charge in [0.25, 0.3) is 0 Å². The van der Waals surface area contributed by atoms with Crippen LogP contribution in [0.25, 0.3) is 0 Å². The Morgan fingerprint density at radius 2 is 2.27 bits per heavy atom. The van der Waals surface area contributed by atoms with Crippen molar-refractivity contribution in [1.82, 2.24) is 0 Å². The van der Waals surface area contributed by atoms with Gasteiger partial charge in [-0.25, -0.2) is 0 Å². The first kappa shape index (κ1) is 10.7. The van der Waals surface area contributed by atoms with Gasteiger partial charge in [-0.15, -0.1) is 11.3 Å². The third kappa shape index (κ3) is 2.62. The van der Waals surface area contributed by atoms with E-state index >= 15 is 0 Å². The fourth-order valence-electron chi connectivity index (χ4n) is 1.35. The number of aliphatic hydroxyl groups is 1. The minimum atomic E-state index is 0. The van der Waals surface area contributed by atoms with Crippen LogP contribution in [0.15, 0.2) is 44.8 Å². The number of thiophene rings is 1. The van der Waals surface area contributed by atoms with Crippen LogP contribution >= 0.6 is 23.1 Å². The molecule has 2 rings (SSSR count). The molecule has 15 heavy (non-hydrogen) atoms. The van der Waals surface area contributed by atoms with Crippen molar-refractivity contribution in [2.45, 2.75) is 22.6 Å². The van der Waals surface area contributed by atoms with Crippen molar-refractivity contribution in [2.24, 2.45) is 0 Å². The molecule has 0 unspecified atom stereocenters. The van der Waals surface area contributed by atoms with Crippen molar-refractivity contribution in [3.05, 3.63) is 46.8 Å². The second-order valence-corrected chi connectivity index (χ2v) is 5.60. The Labute approximate surface area is 99.3 Å². The highest BCUT2D eigenvalue weighted by Crippen LogP contribution is 2.32. The molecule has 0 aliphatic carbocycles. The fourth-order valence-corrected chi connectivity index (χ4v) is 3.19. The Bertz CT molecular complexity index is 440. The fraction of sp³-hybridized carbons (Fsp3) is 0.167. The molecule has 0 saturated carbocycles. The van der Waals surface area contributed by atoms with Crippen LogP contribution in [0.3, 0.4) is 0 Å². The molecule has 0 atom stereocenters. The zero-order valence-electron chi connectivity index (χ0n) is 8.43. The van der Waals surface area contributed by atoms with Gasteiger partial charge in [0.1, 0.15) is 0 Å². The van der Waals surface area contributed by atoms with Gasteiger partial charge in [-0.1, -0.05) is 23.9 Å². The molecule has 0 aliphatic rings. The second-order valence-electron chi connectivity index (χ2n) is 3.28. The molecule has 80 valence electrons. The SMILES string of the molecule is Cc1cc(Sc2cccs2)ccc1CO.[HH]. The zero-order chi connectivity index (χ0) is 10.7. The van der Waals surface area contributed by atoms with Crippen LogP contribution in [0.4, 0.5) is 0 Å². The lowest BCUT2D eigenvalue weighted by molar-refractivity contribution is 0.281. The van der Waals surface area contributed by atoms with Gasteiger partial charge in [0.2, 0.25) is 0 Å².